The van der Waals surface area contributed by atoms with E-state index in [2.05, 4.69) is 4.98 Å². The zero-order valence-corrected chi connectivity index (χ0v) is 14.9. The second kappa shape index (κ2) is 6.36. The molecule has 0 spiro atoms. The second-order valence-corrected chi connectivity index (χ2v) is 6.55. The molecule has 1 N–H and O–H groups in total. The van der Waals surface area contributed by atoms with Gasteiger partial charge in [0.05, 0.1) is 11.0 Å². The van der Waals surface area contributed by atoms with Crippen molar-refractivity contribution in [3.05, 3.63) is 89.0 Å². The topological polar surface area (TPSA) is 55.1 Å². The van der Waals surface area contributed by atoms with E-state index in [1.165, 1.54) is 24.3 Å². The fourth-order valence-corrected chi connectivity index (χ4v) is 3.08. The quantitative estimate of drug-likeness (QED) is 0.538. The van der Waals surface area contributed by atoms with Gasteiger partial charge in [-0.1, -0.05) is 0 Å². The van der Waals surface area contributed by atoms with E-state index in [1.807, 2.05) is 26.0 Å². The average molecular weight is 360 g/mol. The van der Waals surface area contributed by atoms with Crippen molar-refractivity contribution in [2.75, 3.05) is 0 Å². The SMILES string of the molecule is Cc1cc2nc(C(=O)c3ccc(F)cc3)n(-c3ccc(O)cc3)c2cc1C. The number of ketones is 1. The van der Waals surface area contributed by atoms with Gasteiger partial charge < -0.3 is 5.11 Å². The van der Waals surface area contributed by atoms with Gasteiger partial charge in [0, 0.05) is 11.3 Å². The van der Waals surface area contributed by atoms with Crippen LogP contribution in [0.3, 0.4) is 0 Å². The summed E-state index contributed by atoms with van der Waals surface area (Å²) in [6, 6.07) is 15.9. The molecule has 0 aliphatic heterocycles. The van der Waals surface area contributed by atoms with Gasteiger partial charge in [0.1, 0.15) is 11.6 Å². The molecule has 0 amide bonds. The summed E-state index contributed by atoms with van der Waals surface area (Å²) in [6.07, 6.45) is 0. The number of hydrogen-bond acceptors (Lipinski definition) is 3. The van der Waals surface area contributed by atoms with Gasteiger partial charge in [0.15, 0.2) is 5.82 Å². The minimum Gasteiger partial charge on any atom is -0.508 e. The summed E-state index contributed by atoms with van der Waals surface area (Å²) in [7, 11) is 0. The minimum atomic E-state index is -0.398. The van der Waals surface area contributed by atoms with Crippen molar-refractivity contribution < 1.29 is 14.3 Å². The standard InChI is InChI=1S/C22H17FN2O2/c1-13-11-19-20(12-14(13)2)25(17-7-9-18(26)10-8-17)22(24-19)21(27)15-3-5-16(23)6-4-15/h3-12,26H,1-2H3. The average Bonchev–Trinajstić information content (AvgIpc) is 3.01. The van der Waals surface area contributed by atoms with Crippen LogP contribution in [0.25, 0.3) is 16.7 Å². The van der Waals surface area contributed by atoms with Crippen molar-refractivity contribution in [3.63, 3.8) is 0 Å². The van der Waals surface area contributed by atoms with E-state index in [9.17, 15) is 14.3 Å². The number of aryl methyl sites for hydroxylation is 2. The first-order valence-corrected chi connectivity index (χ1v) is 8.53. The summed E-state index contributed by atoms with van der Waals surface area (Å²) in [5.41, 5.74) is 4.75. The number of rotatable bonds is 3. The molecule has 1 aromatic heterocycles. The third kappa shape index (κ3) is 2.97. The Morgan fingerprint density at radius 2 is 1.59 bits per heavy atom. The van der Waals surface area contributed by atoms with Crippen molar-refractivity contribution in [2.24, 2.45) is 0 Å². The van der Waals surface area contributed by atoms with Gasteiger partial charge in [-0.15, -0.1) is 0 Å². The number of halogens is 1. The Kier molecular flexibility index (Phi) is 4.00. The number of fused-ring (bicyclic) bond motifs is 1. The molecule has 4 aromatic rings. The van der Waals surface area contributed by atoms with E-state index in [0.717, 1.165) is 16.6 Å². The van der Waals surface area contributed by atoms with Crippen LogP contribution >= 0.6 is 0 Å². The molecule has 5 heteroatoms. The Bertz CT molecular complexity index is 1160. The number of carbonyl (C=O) groups is 1. The maximum Gasteiger partial charge on any atom is 0.228 e. The Morgan fingerprint density at radius 1 is 0.963 bits per heavy atom. The summed E-state index contributed by atoms with van der Waals surface area (Å²) < 4.78 is 15.0. The lowest BCUT2D eigenvalue weighted by molar-refractivity contribution is 0.102. The molecule has 0 saturated heterocycles. The van der Waals surface area contributed by atoms with E-state index in [0.29, 0.717) is 16.8 Å². The molecule has 0 bridgehead atoms. The van der Waals surface area contributed by atoms with Crippen molar-refractivity contribution in [1.29, 1.82) is 0 Å². The maximum atomic E-state index is 13.2. The first-order chi connectivity index (χ1) is 12.9. The van der Waals surface area contributed by atoms with Gasteiger partial charge >= 0.3 is 0 Å². The largest absolute Gasteiger partial charge is 0.508 e. The monoisotopic (exact) mass is 360 g/mol. The maximum absolute atomic E-state index is 13.2. The number of aromatic hydroxyl groups is 1. The molecular weight excluding hydrogens is 343 g/mol. The number of hydrogen-bond donors (Lipinski definition) is 1. The smallest absolute Gasteiger partial charge is 0.228 e. The van der Waals surface area contributed by atoms with Crippen LogP contribution in [0.4, 0.5) is 4.39 Å². The lowest BCUT2D eigenvalue weighted by Crippen LogP contribution is -2.10. The molecule has 0 atom stereocenters. The summed E-state index contributed by atoms with van der Waals surface area (Å²) >= 11 is 0. The number of carbonyl (C=O) groups excluding carboxylic acids is 1. The highest BCUT2D eigenvalue weighted by molar-refractivity contribution is 6.09. The fourth-order valence-electron chi connectivity index (χ4n) is 3.08. The fraction of sp³-hybridized carbons (Fsp3) is 0.0909. The number of phenolic OH excluding ortho intramolecular Hbond substituents is 1. The number of phenols is 1. The van der Waals surface area contributed by atoms with Gasteiger partial charge in [0.2, 0.25) is 5.78 Å². The first kappa shape index (κ1) is 17.0. The van der Waals surface area contributed by atoms with Crippen LogP contribution in [0.1, 0.15) is 27.3 Å². The van der Waals surface area contributed by atoms with E-state index in [1.54, 1.807) is 28.8 Å². The zero-order valence-electron chi connectivity index (χ0n) is 14.9. The highest BCUT2D eigenvalue weighted by Crippen LogP contribution is 2.27. The molecule has 1 heterocycles. The lowest BCUT2D eigenvalue weighted by Gasteiger charge is -2.10. The van der Waals surface area contributed by atoms with Crippen molar-refractivity contribution in [1.82, 2.24) is 9.55 Å². The van der Waals surface area contributed by atoms with Crippen LogP contribution in [0.5, 0.6) is 5.75 Å². The van der Waals surface area contributed by atoms with Crippen LogP contribution in [0.2, 0.25) is 0 Å². The normalized spacial score (nSPS) is 11.1. The third-order valence-corrected chi connectivity index (χ3v) is 4.69. The summed E-state index contributed by atoms with van der Waals surface area (Å²) in [5, 5.41) is 9.60. The van der Waals surface area contributed by atoms with Crippen LogP contribution in [0, 0.1) is 19.7 Å². The molecule has 4 nitrogen and oxygen atoms in total. The highest BCUT2D eigenvalue weighted by Gasteiger charge is 2.21. The van der Waals surface area contributed by atoms with Crippen molar-refractivity contribution >= 4 is 16.8 Å². The van der Waals surface area contributed by atoms with E-state index >= 15 is 0 Å². The van der Waals surface area contributed by atoms with Crippen molar-refractivity contribution in [2.45, 2.75) is 13.8 Å². The molecule has 0 aliphatic rings. The minimum absolute atomic E-state index is 0.140. The number of aromatic nitrogens is 2. The molecule has 134 valence electrons. The van der Waals surface area contributed by atoms with Gasteiger partial charge in [-0.3, -0.25) is 9.36 Å². The molecule has 0 unspecified atom stereocenters. The zero-order chi connectivity index (χ0) is 19.1. The predicted octanol–water partition coefficient (Wildman–Crippen LogP) is 4.72. The summed E-state index contributed by atoms with van der Waals surface area (Å²) in [5.74, 6) is -0.312. The number of nitrogens with zero attached hydrogens (tertiary/aromatic N) is 2. The highest BCUT2D eigenvalue weighted by atomic mass is 19.1. The van der Waals surface area contributed by atoms with Crippen LogP contribution in [0.15, 0.2) is 60.7 Å². The van der Waals surface area contributed by atoms with Gasteiger partial charge in [0.25, 0.3) is 0 Å². The summed E-state index contributed by atoms with van der Waals surface area (Å²) in [6.45, 7) is 4.00. The Labute approximate surface area is 155 Å². The van der Waals surface area contributed by atoms with Crippen LogP contribution < -0.4 is 0 Å². The second-order valence-electron chi connectivity index (χ2n) is 6.55. The Balaban J connectivity index is 1.98. The number of imidazole rings is 1. The van der Waals surface area contributed by atoms with Gasteiger partial charge in [-0.2, -0.15) is 0 Å². The first-order valence-electron chi connectivity index (χ1n) is 8.53. The Hall–Kier alpha value is -3.47. The lowest BCUT2D eigenvalue weighted by atomic mass is 10.1. The van der Waals surface area contributed by atoms with Crippen LogP contribution in [-0.2, 0) is 0 Å². The van der Waals surface area contributed by atoms with Gasteiger partial charge in [-0.25, -0.2) is 9.37 Å². The van der Waals surface area contributed by atoms with E-state index in [4.69, 9.17) is 0 Å². The molecule has 0 saturated carbocycles. The predicted molar refractivity (Wildman–Crippen MR) is 102 cm³/mol. The molecule has 0 fully saturated rings. The number of benzene rings is 3. The van der Waals surface area contributed by atoms with E-state index < -0.39 is 5.82 Å². The molecule has 3 aromatic carbocycles. The van der Waals surface area contributed by atoms with Gasteiger partial charge in [-0.05, 0) is 85.6 Å². The third-order valence-electron chi connectivity index (χ3n) is 4.69. The summed E-state index contributed by atoms with van der Waals surface area (Å²) in [4.78, 5) is 17.7. The molecule has 0 radical (unpaired) electrons. The Morgan fingerprint density at radius 3 is 2.26 bits per heavy atom. The van der Waals surface area contributed by atoms with Crippen LogP contribution in [-0.4, -0.2) is 20.4 Å². The molecule has 4 rings (SSSR count). The molecule has 0 aliphatic carbocycles. The van der Waals surface area contributed by atoms with E-state index in [-0.39, 0.29) is 17.4 Å². The molecular formula is C22H17FN2O2. The molecule has 27 heavy (non-hydrogen) atoms. The van der Waals surface area contributed by atoms with Crippen molar-refractivity contribution in [3.8, 4) is 11.4 Å².